The van der Waals surface area contributed by atoms with Crippen LogP contribution in [0.4, 0.5) is 9.18 Å². The van der Waals surface area contributed by atoms with Gasteiger partial charge in [-0.1, -0.05) is 11.6 Å². The summed E-state index contributed by atoms with van der Waals surface area (Å²) >= 11 is 7.74. The van der Waals surface area contributed by atoms with Crippen molar-refractivity contribution in [1.82, 2.24) is 30.5 Å². The third-order valence-corrected chi connectivity index (χ3v) is 6.45. The number of hydrogen-bond donors (Lipinski definition) is 1. The van der Waals surface area contributed by atoms with Gasteiger partial charge in [-0.3, -0.25) is 0 Å². The first-order chi connectivity index (χ1) is 16.0. The van der Waals surface area contributed by atoms with E-state index in [1.165, 1.54) is 23.5 Å². The lowest BCUT2D eigenvalue weighted by Gasteiger charge is -2.14. The summed E-state index contributed by atoms with van der Waals surface area (Å²) in [6.07, 6.45) is 3.08. The van der Waals surface area contributed by atoms with Crippen molar-refractivity contribution in [3.63, 3.8) is 0 Å². The lowest BCUT2D eigenvalue weighted by atomic mass is 10.0. The summed E-state index contributed by atoms with van der Waals surface area (Å²) in [6, 6.07) is 8.99. The molecule has 1 saturated carbocycles. The second-order valence-corrected chi connectivity index (χ2v) is 9.02. The zero-order chi connectivity index (χ0) is 22.9. The van der Waals surface area contributed by atoms with Gasteiger partial charge in [0, 0.05) is 29.1 Å². The molecule has 0 radical (unpaired) electrons. The quantitative estimate of drug-likeness (QED) is 0.398. The van der Waals surface area contributed by atoms with Gasteiger partial charge >= 0.3 is 6.09 Å². The Labute approximate surface area is 197 Å². The third-order valence-electron chi connectivity index (χ3n) is 5.18. The SMILES string of the molecule is CC(NC(=O)Oc1cc(-c2ccc(F)cc2Cl)cc(-n2nnnc2C2CC2)c1)c1nccs1. The minimum atomic E-state index is -0.634. The lowest BCUT2D eigenvalue weighted by Crippen LogP contribution is -2.29. The van der Waals surface area contributed by atoms with Crippen molar-refractivity contribution in [2.24, 2.45) is 0 Å². The highest BCUT2D eigenvalue weighted by atomic mass is 35.5. The van der Waals surface area contributed by atoms with Crippen molar-refractivity contribution in [3.8, 4) is 22.6 Å². The number of benzene rings is 2. The normalized spacial score (nSPS) is 14.2. The predicted octanol–water partition coefficient (Wildman–Crippen LogP) is 5.31. The fraction of sp³-hybridized carbons (Fsp3) is 0.227. The van der Waals surface area contributed by atoms with Crippen LogP contribution in [0.1, 0.15) is 42.6 Å². The highest BCUT2D eigenvalue weighted by Gasteiger charge is 2.30. The molecule has 11 heteroatoms. The second-order valence-electron chi connectivity index (χ2n) is 7.69. The van der Waals surface area contributed by atoms with Crippen LogP contribution in [-0.4, -0.2) is 31.3 Å². The average Bonchev–Trinajstić information content (AvgIpc) is 3.25. The van der Waals surface area contributed by atoms with Crippen LogP contribution in [-0.2, 0) is 0 Å². The number of hydrogen-bond acceptors (Lipinski definition) is 7. The first kappa shape index (κ1) is 21.5. The van der Waals surface area contributed by atoms with E-state index >= 15 is 0 Å². The molecule has 2 aromatic carbocycles. The van der Waals surface area contributed by atoms with E-state index in [9.17, 15) is 9.18 Å². The smallest absolute Gasteiger partial charge is 0.410 e. The van der Waals surface area contributed by atoms with Gasteiger partial charge < -0.3 is 10.1 Å². The van der Waals surface area contributed by atoms with Crippen molar-refractivity contribution in [2.75, 3.05) is 0 Å². The molecule has 1 aliphatic carbocycles. The molecule has 2 heterocycles. The molecule has 1 unspecified atom stereocenters. The Morgan fingerprint density at radius 1 is 1.30 bits per heavy atom. The molecule has 5 rings (SSSR count). The van der Waals surface area contributed by atoms with Gasteiger partial charge in [0.2, 0.25) is 0 Å². The van der Waals surface area contributed by atoms with Crippen LogP contribution in [0.3, 0.4) is 0 Å². The monoisotopic (exact) mass is 484 g/mol. The summed E-state index contributed by atoms with van der Waals surface area (Å²) < 4.78 is 20.8. The summed E-state index contributed by atoms with van der Waals surface area (Å²) in [4.78, 5) is 16.8. The molecule has 1 fully saturated rings. The number of aromatic nitrogens is 5. The van der Waals surface area contributed by atoms with Gasteiger partial charge in [-0.25, -0.2) is 14.2 Å². The maximum Gasteiger partial charge on any atom is 0.413 e. The summed E-state index contributed by atoms with van der Waals surface area (Å²) in [7, 11) is 0. The second kappa shape index (κ2) is 8.87. The van der Waals surface area contributed by atoms with E-state index in [0.717, 1.165) is 23.7 Å². The van der Waals surface area contributed by atoms with Gasteiger partial charge in [0.25, 0.3) is 0 Å². The van der Waals surface area contributed by atoms with Gasteiger partial charge in [0.05, 0.1) is 16.8 Å². The van der Waals surface area contributed by atoms with E-state index in [2.05, 4.69) is 25.8 Å². The molecule has 1 atom stereocenters. The number of carbonyl (C=O) groups is 1. The van der Waals surface area contributed by atoms with Gasteiger partial charge in [0.1, 0.15) is 16.6 Å². The molecule has 168 valence electrons. The number of halogens is 2. The van der Waals surface area contributed by atoms with Crippen LogP contribution >= 0.6 is 22.9 Å². The molecule has 0 aliphatic heterocycles. The maximum absolute atomic E-state index is 13.6. The van der Waals surface area contributed by atoms with Gasteiger partial charge in [-0.2, -0.15) is 4.68 Å². The summed E-state index contributed by atoms with van der Waals surface area (Å²) in [5, 5.41) is 17.7. The largest absolute Gasteiger partial charge is 0.413 e. The van der Waals surface area contributed by atoms with E-state index < -0.39 is 11.9 Å². The van der Waals surface area contributed by atoms with Crippen molar-refractivity contribution in [1.29, 1.82) is 0 Å². The molecule has 4 aromatic rings. The van der Waals surface area contributed by atoms with Crippen LogP contribution in [0.2, 0.25) is 5.02 Å². The molecule has 1 N–H and O–H groups in total. The lowest BCUT2D eigenvalue weighted by molar-refractivity contribution is 0.197. The number of nitrogens with one attached hydrogen (secondary N) is 1. The van der Waals surface area contributed by atoms with Gasteiger partial charge in [-0.05, 0) is 66.1 Å². The standard InChI is InChI=1S/C22H18ClFN6O2S/c1-12(21-25-6-7-33-21)26-22(31)32-17-9-14(18-5-4-15(24)10-19(18)23)8-16(11-17)30-20(13-2-3-13)27-28-29-30/h4-13H,2-3H2,1H3,(H,26,31). The number of tetrazole rings is 1. The van der Waals surface area contributed by atoms with Crippen LogP contribution in [0.15, 0.2) is 48.0 Å². The topological polar surface area (TPSA) is 94.8 Å². The van der Waals surface area contributed by atoms with Crippen LogP contribution in [0.5, 0.6) is 5.75 Å². The molecular formula is C22H18ClFN6O2S. The molecule has 0 bridgehead atoms. The van der Waals surface area contributed by atoms with Gasteiger partial charge in [0.15, 0.2) is 5.82 Å². The Kier molecular flexibility index (Phi) is 5.77. The molecule has 2 aromatic heterocycles. The fourth-order valence-electron chi connectivity index (χ4n) is 3.44. The zero-order valence-corrected chi connectivity index (χ0v) is 19.0. The maximum atomic E-state index is 13.6. The van der Waals surface area contributed by atoms with Crippen LogP contribution in [0.25, 0.3) is 16.8 Å². The molecule has 8 nitrogen and oxygen atoms in total. The number of rotatable bonds is 6. The van der Waals surface area contributed by atoms with E-state index in [-0.39, 0.29) is 16.8 Å². The molecule has 33 heavy (non-hydrogen) atoms. The Balaban J connectivity index is 1.49. The fourth-order valence-corrected chi connectivity index (χ4v) is 4.36. The number of carbonyl (C=O) groups excluding carboxylic acids is 1. The minimum Gasteiger partial charge on any atom is -0.410 e. The van der Waals surface area contributed by atoms with Crippen molar-refractivity contribution < 1.29 is 13.9 Å². The highest BCUT2D eigenvalue weighted by molar-refractivity contribution is 7.09. The van der Waals surface area contributed by atoms with E-state index in [4.69, 9.17) is 16.3 Å². The Morgan fingerprint density at radius 2 is 2.15 bits per heavy atom. The first-order valence-electron chi connectivity index (χ1n) is 10.2. The third kappa shape index (κ3) is 4.71. The molecule has 1 aliphatic rings. The Morgan fingerprint density at radius 3 is 2.88 bits per heavy atom. The molecule has 1 amide bonds. The molecule has 0 saturated heterocycles. The zero-order valence-electron chi connectivity index (χ0n) is 17.4. The van der Waals surface area contributed by atoms with E-state index in [0.29, 0.717) is 22.7 Å². The highest BCUT2D eigenvalue weighted by Crippen LogP contribution is 2.40. The van der Waals surface area contributed by atoms with Crippen molar-refractivity contribution >= 4 is 29.0 Å². The number of ether oxygens (including phenoxy) is 1. The Bertz CT molecular complexity index is 1310. The van der Waals surface area contributed by atoms with Crippen LogP contribution in [0, 0.1) is 5.82 Å². The molecule has 0 spiro atoms. The summed E-state index contributed by atoms with van der Waals surface area (Å²) in [5.41, 5.74) is 1.82. The number of amides is 1. The first-order valence-corrected chi connectivity index (χ1v) is 11.5. The van der Waals surface area contributed by atoms with Crippen LogP contribution < -0.4 is 10.1 Å². The predicted molar refractivity (Wildman–Crippen MR) is 121 cm³/mol. The molecular weight excluding hydrogens is 467 g/mol. The summed E-state index contributed by atoms with van der Waals surface area (Å²) in [5.74, 6) is 0.863. The van der Waals surface area contributed by atoms with Crippen molar-refractivity contribution in [2.45, 2.75) is 31.7 Å². The number of thiazole rings is 1. The Hall–Kier alpha value is -3.37. The minimum absolute atomic E-state index is 0.235. The van der Waals surface area contributed by atoms with E-state index in [1.54, 1.807) is 29.1 Å². The summed E-state index contributed by atoms with van der Waals surface area (Å²) in [6.45, 7) is 1.82. The van der Waals surface area contributed by atoms with Crippen molar-refractivity contribution in [3.05, 3.63) is 69.6 Å². The van der Waals surface area contributed by atoms with E-state index in [1.807, 2.05) is 18.4 Å². The average molecular weight is 485 g/mol. The van der Waals surface area contributed by atoms with Gasteiger partial charge in [-0.15, -0.1) is 16.4 Å². The number of nitrogens with zero attached hydrogens (tertiary/aromatic N) is 5.